The first-order valence-corrected chi connectivity index (χ1v) is 14.4. The lowest BCUT2D eigenvalue weighted by Gasteiger charge is -2.24. The second kappa shape index (κ2) is 11.6. The predicted molar refractivity (Wildman–Crippen MR) is 167 cm³/mol. The Bertz CT molecular complexity index is 1790. The molecule has 2 N–H and O–H groups in total. The lowest BCUT2D eigenvalue weighted by molar-refractivity contribution is -0.182. The number of nitrogens with zero attached hydrogens (tertiary/aromatic N) is 6. The third kappa shape index (κ3) is 5.99. The minimum atomic E-state index is -4.46. The van der Waals surface area contributed by atoms with Gasteiger partial charge in [0.15, 0.2) is 5.54 Å². The monoisotopic (exact) mass is 620 g/mol. The van der Waals surface area contributed by atoms with Crippen LogP contribution in [0.3, 0.4) is 0 Å². The summed E-state index contributed by atoms with van der Waals surface area (Å²) >= 11 is 6.72. The summed E-state index contributed by atoms with van der Waals surface area (Å²) in [5, 5.41) is 25.7. The summed E-state index contributed by atoms with van der Waals surface area (Å²) in [6.07, 6.45) is 5.27. The molecule has 0 radical (unpaired) electrons. The van der Waals surface area contributed by atoms with E-state index in [1.165, 1.54) is 12.4 Å². The molecular formula is C32H32ClF3N8. The lowest BCUT2D eigenvalue weighted by Crippen LogP contribution is -2.35. The van der Waals surface area contributed by atoms with Gasteiger partial charge in [0.25, 0.3) is 0 Å². The average Bonchev–Trinajstić information content (AvgIpc) is 3.65. The molecule has 1 saturated carbocycles. The van der Waals surface area contributed by atoms with Gasteiger partial charge in [-0.15, -0.1) is 5.10 Å². The van der Waals surface area contributed by atoms with Crippen molar-refractivity contribution in [2.75, 3.05) is 17.2 Å². The van der Waals surface area contributed by atoms with Crippen molar-refractivity contribution in [3.05, 3.63) is 83.0 Å². The third-order valence-corrected chi connectivity index (χ3v) is 7.83. The number of pyridine rings is 2. The maximum absolute atomic E-state index is 13.9. The summed E-state index contributed by atoms with van der Waals surface area (Å²) < 4.78 is 42.7. The van der Waals surface area contributed by atoms with E-state index in [1.807, 2.05) is 25.1 Å². The van der Waals surface area contributed by atoms with Crippen molar-refractivity contribution < 1.29 is 13.2 Å². The minimum Gasteiger partial charge on any atom is -0.383 e. The van der Waals surface area contributed by atoms with Crippen molar-refractivity contribution in [1.29, 1.82) is 5.26 Å². The van der Waals surface area contributed by atoms with Gasteiger partial charge in [-0.3, -0.25) is 9.97 Å². The van der Waals surface area contributed by atoms with E-state index in [4.69, 9.17) is 11.6 Å². The molecule has 5 rings (SSSR count). The molecule has 1 fully saturated rings. The smallest absolute Gasteiger partial charge is 0.383 e. The normalized spacial score (nSPS) is 15.2. The number of aromatic nitrogens is 5. The number of halogens is 4. The fourth-order valence-corrected chi connectivity index (χ4v) is 5.29. The Morgan fingerprint density at radius 1 is 1.25 bits per heavy atom. The number of hydrogen-bond donors (Lipinski definition) is 2. The number of allylic oxidation sites excluding steroid dienone is 1. The van der Waals surface area contributed by atoms with E-state index in [0.717, 1.165) is 15.8 Å². The van der Waals surface area contributed by atoms with Crippen LogP contribution in [0.2, 0.25) is 5.02 Å². The van der Waals surface area contributed by atoms with E-state index in [9.17, 15) is 18.4 Å². The molecule has 0 saturated heterocycles. The molecule has 4 aromatic rings. The van der Waals surface area contributed by atoms with E-state index in [1.54, 1.807) is 24.5 Å². The van der Waals surface area contributed by atoms with Crippen LogP contribution in [0.15, 0.2) is 55.6 Å². The Morgan fingerprint density at radius 3 is 2.64 bits per heavy atom. The molecule has 1 aliphatic rings. The van der Waals surface area contributed by atoms with Crippen molar-refractivity contribution in [2.24, 2.45) is 5.41 Å². The topological polar surface area (TPSA) is 104 Å². The molecule has 1 atom stereocenters. The summed E-state index contributed by atoms with van der Waals surface area (Å²) in [6, 6.07) is 6.67. The number of benzene rings is 1. The zero-order valence-electron chi connectivity index (χ0n) is 24.8. The highest BCUT2D eigenvalue weighted by Crippen LogP contribution is 2.55. The molecule has 3 aromatic heterocycles. The molecule has 0 aliphatic heterocycles. The van der Waals surface area contributed by atoms with Crippen LogP contribution in [0.4, 0.5) is 24.5 Å². The van der Waals surface area contributed by atoms with Gasteiger partial charge in [-0.05, 0) is 54.5 Å². The van der Waals surface area contributed by atoms with Crippen molar-refractivity contribution in [3.63, 3.8) is 0 Å². The molecule has 1 aromatic carbocycles. The lowest BCUT2D eigenvalue weighted by atomic mass is 9.94. The number of rotatable bonds is 9. The number of nitriles is 1. The summed E-state index contributed by atoms with van der Waals surface area (Å²) in [5.74, 6) is 0. The highest BCUT2D eigenvalue weighted by molar-refractivity contribution is 6.35. The Balaban J connectivity index is 1.62. The standard InChI is InChI=1S/C32H32ClF3N8/c1-6-7-20-15-38-11-8-23(20)19(2)27(26-17-44(43-42-26)31(9-10-31)32(34,35)36)41-22-12-24-28(40-18-30(3,4)5)21(14-37)16-39-29(24)25(33)13-22/h6-8,11-13,15-17,27,41H,2,9-10,18H2,1,3-5H3,(H,39,40)/b7-6-/t27-/m0/s1. The fraction of sp³-hybridized carbons (Fsp3) is 0.344. The zero-order valence-corrected chi connectivity index (χ0v) is 25.6. The van der Waals surface area contributed by atoms with Gasteiger partial charge in [0, 0.05) is 41.8 Å². The van der Waals surface area contributed by atoms with Gasteiger partial charge in [-0.2, -0.15) is 18.4 Å². The highest BCUT2D eigenvalue weighted by atomic mass is 35.5. The van der Waals surface area contributed by atoms with Gasteiger partial charge in [-0.1, -0.05) is 56.3 Å². The summed E-state index contributed by atoms with van der Waals surface area (Å²) in [7, 11) is 0. The molecule has 228 valence electrons. The summed E-state index contributed by atoms with van der Waals surface area (Å²) in [5.41, 5.74) is 2.12. The summed E-state index contributed by atoms with van der Waals surface area (Å²) in [4.78, 5) is 8.64. The molecule has 0 spiro atoms. The molecular weight excluding hydrogens is 589 g/mol. The molecule has 8 nitrogen and oxygen atoms in total. The second-order valence-corrected chi connectivity index (χ2v) is 12.5. The highest BCUT2D eigenvalue weighted by Gasteiger charge is 2.66. The third-order valence-electron chi connectivity index (χ3n) is 7.54. The minimum absolute atomic E-state index is 0.0625. The fourth-order valence-electron chi connectivity index (χ4n) is 5.02. The second-order valence-electron chi connectivity index (χ2n) is 12.1. The van der Waals surface area contributed by atoms with Crippen LogP contribution in [0.5, 0.6) is 0 Å². The van der Waals surface area contributed by atoms with Crippen LogP contribution in [0, 0.1) is 16.7 Å². The van der Waals surface area contributed by atoms with E-state index in [2.05, 4.69) is 64.3 Å². The molecule has 0 bridgehead atoms. The molecule has 0 unspecified atom stereocenters. The summed E-state index contributed by atoms with van der Waals surface area (Å²) in [6.45, 7) is 13.0. The van der Waals surface area contributed by atoms with Gasteiger partial charge in [0.1, 0.15) is 11.8 Å². The number of fused-ring (bicyclic) bond motifs is 1. The first-order valence-electron chi connectivity index (χ1n) is 14.1. The van der Waals surface area contributed by atoms with Crippen molar-refractivity contribution in [3.8, 4) is 6.07 Å². The van der Waals surface area contributed by atoms with Crippen molar-refractivity contribution >= 4 is 45.5 Å². The number of nitrogens with one attached hydrogen (secondary N) is 2. The van der Waals surface area contributed by atoms with Gasteiger partial charge < -0.3 is 10.6 Å². The number of anilines is 2. The largest absolute Gasteiger partial charge is 0.413 e. The van der Waals surface area contributed by atoms with Crippen LogP contribution >= 0.6 is 11.6 Å². The van der Waals surface area contributed by atoms with E-state index in [-0.39, 0.29) is 24.0 Å². The van der Waals surface area contributed by atoms with Crippen LogP contribution < -0.4 is 10.6 Å². The quantitative estimate of drug-likeness (QED) is 0.194. The van der Waals surface area contributed by atoms with Crippen LogP contribution in [-0.4, -0.2) is 37.7 Å². The maximum Gasteiger partial charge on any atom is 0.413 e. The van der Waals surface area contributed by atoms with Crippen LogP contribution in [0.25, 0.3) is 22.6 Å². The molecule has 3 heterocycles. The Labute approximate surface area is 258 Å². The Morgan fingerprint density at radius 2 is 2.00 bits per heavy atom. The van der Waals surface area contributed by atoms with Gasteiger partial charge in [0.2, 0.25) is 0 Å². The van der Waals surface area contributed by atoms with E-state index < -0.39 is 17.8 Å². The molecule has 44 heavy (non-hydrogen) atoms. The molecule has 12 heteroatoms. The zero-order chi connectivity index (χ0) is 31.9. The Kier molecular flexibility index (Phi) is 8.16. The molecule has 1 aliphatic carbocycles. The maximum atomic E-state index is 13.9. The first-order chi connectivity index (χ1) is 20.8. The molecule has 0 amide bonds. The van der Waals surface area contributed by atoms with E-state index in [0.29, 0.717) is 45.0 Å². The van der Waals surface area contributed by atoms with Crippen LogP contribution in [-0.2, 0) is 5.54 Å². The average molecular weight is 621 g/mol. The van der Waals surface area contributed by atoms with E-state index >= 15 is 0 Å². The van der Waals surface area contributed by atoms with Gasteiger partial charge >= 0.3 is 6.18 Å². The first kappa shape index (κ1) is 31.0. The number of alkyl halides is 3. The predicted octanol–water partition coefficient (Wildman–Crippen LogP) is 8.16. The number of hydrogen-bond acceptors (Lipinski definition) is 7. The van der Waals surface area contributed by atoms with Gasteiger partial charge in [-0.25, -0.2) is 4.68 Å². The Hall–Kier alpha value is -4.43. The van der Waals surface area contributed by atoms with Crippen molar-refractivity contribution in [1.82, 2.24) is 25.0 Å². The van der Waals surface area contributed by atoms with Crippen LogP contribution in [0.1, 0.15) is 69.0 Å². The van der Waals surface area contributed by atoms with Crippen molar-refractivity contribution in [2.45, 2.75) is 58.3 Å². The van der Waals surface area contributed by atoms with Gasteiger partial charge in [0.05, 0.1) is 34.0 Å². The SMILES string of the molecule is C=C(c1ccncc1/C=C\C)[C@H](Nc1cc(Cl)c2ncc(C#N)c(NCC(C)(C)C)c2c1)c1cn(C2(C(F)(F)F)CC2)nn1.